The Labute approximate surface area is 163 Å². The van der Waals surface area contributed by atoms with Crippen LogP contribution in [0.5, 0.6) is 11.5 Å². The number of carbonyl (C=O) groups excluding carboxylic acids is 1. The standard InChI is InChI=1S/C18H11Cl2N3O4/c19-11-3-4-12(13(20)8-11)17-22-23-18(27-17)21-16(24)6-2-10-1-5-14-15(7-10)26-9-25-14/h1-8H,9H2,(H,21,23,24). The monoisotopic (exact) mass is 403 g/mol. The number of aromatic nitrogens is 2. The number of nitrogens with one attached hydrogen (secondary N) is 1. The van der Waals surface area contributed by atoms with Gasteiger partial charge in [0.05, 0.1) is 10.6 Å². The lowest BCUT2D eigenvalue weighted by Crippen LogP contribution is -2.07. The molecule has 2 aromatic carbocycles. The molecule has 0 radical (unpaired) electrons. The lowest BCUT2D eigenvalue weighted by atomic mass is 10.2. The minimum Gasteiger partial charge on any atom is -0.454 e. The van der Waals surface area contributed by atoms with E-state index in [9.17, 15) is 4.79 Å². The second kappa shape index (κ2) is 7.30. The van der Waals surface area contributed by atoms with Crippen LogP contribution < -0.4 is 14.8 Å². The highest BCUT2D eigenvalue weighted by Gasteiger charge is 2.14. The third-order valence-electron chi connectivity index (χ3n) is 3.64. The van der Waals surface area contributed by atoms with E-state index in [2.05, 4.69) is 15.5 Å². The normalized spacial score (nSPS) is 12.5. The molecule has 4 rings (SSSR count). The van der Waals surface area contributed by atoms with Crippen molar-refractivity contribution in [3.05, 3.63) is 58.1 Å². The maximum atomic E-state index is 12.1. The number of halogens is 2. The fourth-order valence-electron chi connectivity index (χ4n) is 2.38. The van der Waals surface area contributed by atoms with Crippen LogP contribution in [0.1, 0.15) is 5.56 Å². The fourth-order valence-corrected chi connectivity index (χ4v) is 2.87. The SMILES string of the molecule is O=C(C=Cc1ccc2c(c1)OCO2)Nc1nnc(-c2ccc(Cl)cc2Cl)o1. The van der Waals surface area contributed by atoms with Crippen molar-refractivity contribution >= 4 is 41.2 Å². The fraction of sp³-hybridized carbons (Fsp3) is 0.0556. The highest BCUT2D eigenvalue weighted by molar-refractivity contribution is 6.36. The molecule has 0 bridgehead atoms. The Morgan fingerprint density at radius 1 is 1.07 bits per heavy atom. The third-order valence-corrected chi connectivity index (χ3v) is 4.19. The molecule has 136 valence electrons. The lowest BCUT2D eigenvalue weighted by molar-refractivity contribution is -0.112. The van der Waals surface area contributed by atoms with Crippen molar-refractivity contribution in [2.45, 2.75) is 0 Å². The highest BCUT2D eigenvalue weighted by Crippen LogP contribution is 2.33. The van der Waals surface area contributed by atoms with Gasteiger partial charge in [-0.25, -0.2) is 0 Å². The summed E-state index contributed by atoms with van der Waals surface area (Å²) in [5.41, 5.74) is 1.30. The molecule has 0 fully saturated rings. The third kappa shape index (κ3) is 3.89. The van der Waals surface area contributed by atoms with Crippen LogP contribution in [0.25, 0.3) is 17.5 Å². The van der Waals surface area contributed by atoms with E-state index in [4.69, 9.17) is 37.1 Å². The first-order valence-corrected chi connectivity index (χ1v) is 8.52. The molecule has 3 aromatic rings. The number of hydrogen-bond acceptors (Lipinski definition) is 6. The molecule has 2 heterocycles. The van der Waals surface area contributed by atoms with Gasteiger partial charge in [-0.3, -0.25) is 10.1 Å². The molecule has 1 aliphatic heterocycles. The van der Waals surface area contributed by atoms with Crippen LogP contribution in [0.3, 0.4) is 0 Å². The molecule has 1 aliphatic rings. The smallest absolute Gasteiger partial charge is 0.322 e. The first-order valence-electron chi connectivity index (χ1n) is 7.76. The van der Waals surface area contributed by atoms with Gasteiger partial charge in [0, 0.05) is 11.1 Å². The van der Waals surface area contributed by atoms with E-state index in [0.29, 0.717) is 27.1 Å². The van der Waals surface area contributed by atoms with Crippen LogP contribution in [0.15, 0.2) is 46.9 Å². The van der Waals surface area contributed by atoms with Crippen molar-refractivity contribution in [1.82, 2.24) is 10.2 Å². The van der Waals surface area contributed by atoms with Gasteiger partial charge in [0.15, 0.2) is 11.5 Å². The van der Waals surface area contributed by atoms with Gasteiger partial charge in [-0.15, -0.1) is 5.10 Å². The quantitative estimate of drug-likeness (QED) is 0.648. The number of anilines is 1. The van der Waals surface area contributed by atoms with E-state index in [1.54, 1.807) is 36.4 Å². The summed E-state index contributed by atoms with van der Waals surface area (Å²) >= 11 is 12.0. The van der Waals surface area contributed by atoms with Crippen molar-refractivity contribution < 1.29 is 18.7 Å². The first kappa shape index (κ1) is 17.4. The van der Waals surface area contributed by atoms with Gasteiger partial charge in [-0.2, -0.15) is 0 Å². The predicted molar refractivity (Wildman–Crippen MR) is 100.0 cm³/mol. The molecule has 1 aromatic heterocycles. The molecule has 7 nitrogen and oxygen atoms in total. The average molecular weight is 404 g/mol. The second-order valence-corrected chi connectivity index (χ2v) is 6.32. The van der Waals surface area contributed by atoms with Gasteiger partial charge >= 0.3 is 6.01 Å². The summed E-state index contributed by atoms with van der Waals surface area (Å²) in [6, 6.07) is 10.2. The molecule has 0 atom stereocenters. The molecule has 27 heavy (non-hydrogen) atoms. The summed E-state index contributed by atoms with van der Waals surface area (Å²) in [5.74, 6) is 1.06. The molecular formula is C18H11Cl2N3O4. The molecule has 0 saturated heterocycles. The number of hydrogen-bond donors (Lipinski definition) is 1. The maximum Gasteiger partial charge on any atom is 0.322 e. The number of amides is 1. The van der Waals surface area contributed by atoms with Gasteiger partial charge < -0.3 is 13.9 Å². The number of nitrogens with zero attached hydrogens (tertiary/aromatic N) is 2. The molecule has 9 heteroatoms. The Balaban J connectivity index is 1.43. The van der Waals surface area contributed by atoms with Crippen molar-refractivity contribution in [3.8, 4) is 23.0 Å². The van der Waals surface area contributed by atoms with Gasteiger partial charge in [-0.05, 0) is 42.0 Å². The number of carbonyl (C=O) groups is 1. The molecule has 0 spiro atoms. The van der Waals surface area contributed by atoms with Crippen molar-refractivity contribution in [2.75, 3.05) is 12.1 Å². The first-order chi connectivity index (χ1) is 13.1. The molecule has 0 saturated carbocycles. The van der Waals surface area contributed by atoms with Crippen LogP contribution in [0, 0.1) is 0 Å². The van der Waals surface area contributed by atoms with Crippen molar-refractivity contribution in [1.29, 1.82) is 0 Å². The van der Waals surface area contributed by atoms with Crippen LogP contribution in [0.4, 0.5) is 6.01 Å². The largest absolute Gasteiger partial charge is 0.454 e. The molecule has 1 amide bonds. The van der Waals surface area contributed by atoms with Gasteiger partial charge in [0.2, 0.25) is 6.79 Å². The Hall–Kier alpha value is -3.03. The number of benzene rings is 2. The minimum atomic E-state index is -0.426. The van der Waals surface area contributed by atoms with E-state index in [1.807, 2.05) is 6.07 Å². The van der Waals surface area contributed by atoms with Crippen molar-refractivity contribution in [3.63, 3.8) is 0 Å². The lowest BCUT2D eigenvalue weighted by Gasteiger charge is -1.99. The minimum absolute atomic E-state index is 0.0450. The summed E-state index contributed by atoms with van der Waals surface area (Å²) in [7, 11) is 0. The summed E-state index contributed by atoms with van der Waals surface area (Å²) in [5, 5.41) is 11.0. The summed E-state index contributed by atoms with van der Waals surface area (Å²) < 4.78 is 16.0. The maximum absolute atomic E-state index is 12.1. The van der Waals surface area contributed by atoms with E-state index in [1.165, 1.54) is 6.08 Å². The van der Waals surface area contributed by atoms with Crippen LogP contribution in [-0.2, 0) is 4.79 Å². The molecule has 1 N–H and O–H groups in total. The highest BCUT2D eigenvalue weighted by atomic mass is 35.5. The number of rotatable bonds is 4. The second-order valence-electron chi connectivity index (χ2n) is 5.47. The van der Waals surface area contributed by atoms with Crippen LogP contribution in [-0.4, -0.2) is 22.9 Å². The summed E-state index contributed by atoms with van der Waals surface area (Å²) in [4.78, 5) is 12.1. The van der Waals surface area contributed by atoms with E-state index in [-0.39, 0.29) is 18.7 Å². The van der Waals surface area contributed by atoms with Gasteiger partial charge in [-0.1, -0.05) is 34.4 Å². The zero-order valence-corrected chi connectivity index (χ0v) is 15.1. The topological polar surface area (TPSA) is 86.5 Å². The van der Waals surface area contributed by atoms with Crippen LogP contribution >= 0.6 is 23.2 Å². The Morgan fingerprint density at radius 2 is 1.93 bits per heavy atom. The Bertz CT molecular complexity index is 1050. The molecule has 0 unspecified atom stereocenters. The van der Waals surface area contributed by atoms with Gasteiger partial charge in [0.1, 0.15) is 0 Å². The Kier molecular flexibility index (Phi) is 4.70. The van der Waals surface area contributed by atoms with Crippen molar-refractivity contribution in [2.24, 2.45) is 0 Å². The number of fused-ring (bicyclic) bond motifs is 1. The number of ether oxygens (including phenoxy) is 2. The van der Waals surface area contributed by atoms with Gasteiger partial charge in [0.25, 0.3) is 11.8 Å². The predicted octanol–water partition coefficient (Wildman–Crippen LogP) is 4.42. The Morgan fingerprint density at radius 3 is 2.78 bits per heavy atom. The van der Waals surface area contributed by atoms with E-state index >= 15 is 0 Å². The molecule has 0 aliphatic carbocycles. The summed E-state index contributed by atoms with van der Waals surface area (Å²) in [6.45, 7) is 0.195. The van der Waals surface area contributed by atoms with Crippen LogP contribution in [0.2, 0.25) is 10.0 Å². The zero-order chi connectivity index (χ0) is 18.8. The average Bonchev–Trinajstić information content (AvgIpc) is 3.29. The van der Waals surface area contributed by atoms with E-state index in [0.717, 1.165) is 5.56 Å². The van der Waals surface area contributed by atoms with E-state index < -0.39 is 5.91 Å². The summed E-state index contributed by atoms with van der Waals surface area (Å²) in [6.07, 6.45) is 2.97. The zero-order valence-electron chi connectivity index (χ0n) is 13.6. The molecular weight excluding hydrogens is 393 g/mol.